The molecule has 1 amide bonds. The number of rotatable bonds is 3. The molecule has 3 rings (SSSR count). The first kappa shape index (κ1) is 20.6. The fraction of sp³-hybridized carbons (Fsp3) is 0.600. The van der Waals surface area contributed by atoms with Crippen LogP contribution in [0.15, 0.2) is 16.9 Å². The third kappa shape index (κ3) is 3.85. The molecule has 0 aliphatic carbocycles. The third-order valence-corrected chi connectivity index (χ3v) is 5.61. The van der Waals surface area contributed by atoms with Gasteiger partial charge in [-0.1, -0.05) is 32.4 Å². The molecule has 2 atom stereocenters. The molecule has 0 bridgehead atoms. The van der Waals surface area contributed by atoms with Gasteiger partial charge in [0.15, 0.2) is 0 Å². The minimum Gasteiger partial charge on any atom is -0.489 e. The van der Waals surface area contributed by atoms with Crippen LogP contribution in [-0.4, -0.2) is 44.3 Å². The second-order valence-electron chi connectivity index (χ2n) is 8.80. The molecule has 2 heterocycles. The first-order chi connectivity index (χ1) is 13.0. The third-order valence-electron chi connectivity index (χ3n) is 5.32. The Labute approximate surface area is 169 Å². The lowest BCUT2D eigenvalue weighted by Gasteiger charge is -2.44. The lowest BCUT2D eigenvalue weighted by atomic mass is 9.79. The number of carbonyl (C=O) groups is 1. The summed E-state index contributed by atoms with van der Waals surface area (Å²) in [7, 11) is 0. The summed E-state index contributed by atoms with van der Waals surface area (Å²) in [6.45, 7) is 10.3. The van der Waals surface area contributed by atoms with Crippen molar-refractivity contribution in [2.45, 2.75) is 65.6 Å². The molecule has 8 heteroatoms. The van der Waals surface area contributed by atoms with E-state index in [4.69, 9.17) is 16.3 Å². The number of amides is 1. The first-order valence-electron chi connectivity index (χ1n) is 9.59. The van der Waals surface area contributed by atoms with Crippen molar-refractivity contribution < 1.29 is 14.6 Å². The molecular formula is C20H28ClN3O4. The van der Waals surface area contributed by atoms with Crippen molar-refractivity contribution in [1.82, 2.24) is 14.5 Å². The topological polar surface area (TPSA) is 87.6 Å². The number of aromatic amines is 1. The lowest BCUT2D eigenvalue weighted by Crippen LogP contribution is -2.52. The van der Waals surface area contributed by atoms with Gasteiger partial charge in [0.2, 0.25) is 0 Å². The van der Waals surface area contributed by atoms with Crippen molar-refractivity contribution in [2.24, 2.45) is 5.41 Å². The molecule has 28 heavy (non-hydrogen) atoms. The normalized spacial score (nSPS) is 20.8. The van der Waals surface area contributed by atoms with E-state index in [9.17, 15) is 14.7 Å². The average molecular weight is 410 g/mol. The van der Waals surface area contributed by atoms with E-state index in [-0.39, 0.29) is 29.3 Å². The number of hydrogen-bond acceptors (Lipinski definition) is 3. The van der Waals surface area contributed by atoms with Gasteiger partial charge in [-0.15, -0.1) is 0 Å². The van der Waals surface area contributed by atoms with Gasteiger partial charge in [0.25, 0.3) is 0 Å². The summed E-state index contributed by atoms with van der Waals surface area (Å²) >= 11 is 6.30. The van der Waals surface area contributed by atoms with Gasteiger partial charge in [-0.3, -0.25) is 4.57 Å². The van der Waals surface area contributed by atoms with E-state index in [1.165, 1.54) is 4.90 Å². The van der Waals surface area contributed by atoms with Crippen LogP contribution in [0.3, 0.4) is 0 Å². The van der Waals surface area contributed by atoms with Gasteiger partial charge in [0.05, 0.1) is 22.2 Å². The van der Waals surface area contributed by atoms with Gasteiger partial charge in [0, 0.05) is 24.7 Å². The number of nitrogens with one attached hydrogen (secondary N) is 1. The van der Waals surface area contributed by atoms with Crippen LogP contribution >= 0.6 is 11.6 Å². The number of fused-ring (bicyclic) bond motifs is 1. The van der Waals surface area contributed by atoms with Gasteiger partial charge in [-0.25, -0.2) is 9.59 Å². The van der Waals surface area contributed by atoms with E-state index < -0.39 is 6.09 Å². The summed E-state index contributed by atoms with van der Waals surface area (Å²) in [5, 5.41) is 10.0. The van der Waals surface area contributed by atoms with Crippen molar-refractivity contribution >= 4 is 28.7 Å². The molecule has 0 saturated carbocycles. The zero-order valence-corrected chi connectivity index (χ0v) is 17.7. The molecule has 1 aromatic heterocycles. The maximum atomic E-state index is 12.7. The van der Waals surface area contributed by atoms with Crippen LogP contribution in [0, 0.1) is 5.41 Å². The molecule has 154 valence electrons. The Bertz CT molecular complexity index is 941. The van der Waals surface area contributed by atoms with Crippen LogP contribution in [0.4, 0.5) is 4.79 Å². The van der Waals surface area contributed by atoms with Crippen molar-refractivity contribution in [1.29, 1.82) is 0 Å². The van der Waals surface area contributed by atoms with E-state index in [2.05, 4.69) is 4.98 Å². The van der Waals surface area contributed by atoms with Crippen LogP contribution in [0.2, 0.25) is 5.02 Å². The van der Waals surface area contributed by atoms with Gasteiger partial charge in [-0.05, 0) is 38.2 Å². The zero-order chi connectivity index (χ0) is 20.8. The standard InChI is InChI=1S/C20H28ClN3O4/c1-11(2)28-16-10-15-14(9-13(16)21)22-18(25)24(15)12-6-7-23(19(26)27)17(8-12)20(3,4)5/h9-12,17H,6-8H2,1-5H3,(H,22,25)(H,26,27). The van der Waals surface area contributed by atoms with E-state index >= 15 is 0 Å². The molecule has 2 unspecified atom stereocenters. The minimum absolute atomic E-state index is 0.0434. The van der Waals surface area contributed by atoms with Crippen molar-refractivity contribution in [3.05, 3.63) is 27.6 Å². The van der Waals surface area contributed by atoms with Gasteiger partial charge < -0.3 is 19.7 Å². The fourth-order valence-electron chi connectivity index (χ4n) is 4.06. The molecule has 1 aliphatic heterocycles. The number of halogens is 1. The molecule has 7 nitrogen and oxygen atoms in total. The number of aromatic nitrogens is 2. The highest BCUT2D eigenvalue weighted by atomic mass is 35.5. The number of carboxylic acid groups (broad SMARTS) is 1. The molecular weight excluding hydrogens is 382 g/mol. The first-order valence-corrected chi connectivity index (χ1v) is 9.96. The molecule has 2 N–H and O–H groups in total. The summed E-state index contributed by atoms with van der Waals surface area (Å²) in [5.74, 6) is 0.534. The summed E-state index contributed by atoms with van der Waals surface area (Å²) in [5.41, 5.74) is 0.932. The predicted octanol–water partition coefficient (Wildman–Crippen LogP) is 4.50. The summed E-state index contributed by atoms with van der Waals surface area (Å²) in [6.07, 6.45) is 0.197. The summed E-state index contributed by atoms with van der Waals surface area (Å²) < 4.78 is 7.51. The quantitative estimate of drug-likeness (QED) is 0.781. The number of ether oxygens (including phenoxy) is 1. The highest BCUT2D eigenvalue weighted by Crippen LogP contribution is 2.38. The van der Waals surface area contributed by atoms with E-state index in [0.29, 0.717) is 35.7 Å². The van der Waals surface area contributed by atoms with Crippen molar-refractivity contribution in [3.63, 3.8) is 0 Å². The Balaban J connectivity index is 2.04. The van der Waals surface area contributed by atoms with Crippen LogP contribution in [0.1, 0.15) is 53.5 Å². The minimum atomic E-state index is -0.913. The Morgan fingerprint density at radius 1 is 1.36 bits per heavy atom. The number of imidazole rings is 1. The molecule has 1 fully saturated rings. The molecule has 0 radical (unpaired) electrons. The lowest BCUT2D eigenvalue weighted by molar-refractivity contribution is 0.0430. The maximum Gasteiger partial charge on any atom is 0.407 e. The summed E-state index contributed by atoms with van der Waals surface area (Å²) in [4.78, 5) is 28.8. The second kappa shape index (κ2) is 7.35. The summed E-state index contributed by atoms with van der Waals surface area (Å²) in [6, 6.07) is 3.22. The number of nitrogens with zero attached hydrogens (tertiary/aromatic N) is 2. The number of H-pyrrole nitrogens is 1. The van der Waals surface area contributed by atoms with Crippen LogP contribution in [0.25, 0.3) is 11.0 Å². The number of likely N-dealkylation sites (tertiary alicyclic amines) is 1. The number of benzene rings is 1. The van der Waals surface area contributed by atoms with E-state index in [0.717, 1.165) is 5.52 Å². The van der Waals surface area contributed by atoms with Gasteiger partial charge in [0.1, 0.15) is 5.75 Å². The average Bonchev–Trinajstić information content (AvgIpc) is 2.88. The number of piperidine rings is 1. The van der Waals surface area contributed by atoms with Crippen LogP contribution < -0.4 is 10.4 Å². The molecule has 1 saturated heterocycles. The number of hydrogen-bond donors (Lipinski definition) is 2. The SMILES string of the molecule is CC(C)Oc1cc2c(cc1Cl)[nH]c(=O)n2C1CCN(C(=O)O)C(C(C)(C)C)C1. The van der Waals surface area contributed by atoms with Crippen LogP contribution in [0.5, 0.6) is 5.75 Å². The second-order valence-corrected chi connectivity index (χ2v) is 9.21. The Hall–Kier alpha value is -2.15. The molecule has 0 spiro atoms. The predicted molar refractivity (Wildman–Crippen MR) is 110 cm³/mol. The van der Waals surface area contributed by atoms with E-state index in [1.54, 1.807) is 16.7 Å². The zero-order valence-electron chi connectivity index (χ0n) is 17.0. The highest BCUT2D eigenvalue weighted by Gasteiger charge is 2.40. The van der Waals surface area contributed by atoms with Gasteiger partial charge in [-0.2, -0.15) is 0 Å². The van der Waals surface area contributed by atoms with Crippen molar-refractivity contribution in [2.75, 3.05) is 6.54 Å². The van der Waals surface area contributed by atoms with Crippen LogP contribution in [-0.2, 0) is 0 Å². The molecule has 2 aromatic rings. The maximum absolute atomic E-state index is 12.7. The highest BCUT2D eigenvalue weighted by molar-refractivity contribution is 6.32. The van der Waals surface area contributed by atoms with Gasteiger partial charge >= 0.3 is 11.8 Å². The smallest absolute Gasteiger partial charge is 0.407 e. The Kier molecular flexibility index (Phi) is 5.40. The largest absolute Gasteiger partial charge is 0.489 e. The fourth-order valence-corrected chi connectivity index (χ4v) is 4.27. The molecule has 1 aliphatic rings. The Morgan fingerprint density at radius 2 is 2.04 bits per heavy atom. The van der Waals surface area contributed by atoms with E-state index in [1.807, 2.05) is 34.6 Å². The monoisotopic (exact) mass is 409 g/mol. The molecule has 1 aromatic carbocycles. The Morgan fingerprint density at radius 3 is 2.61 bits per heavy atom. The van der Waals surface area contributed by atoms with Crippen molar-refractivity contribution in [3.8, 4) is 5.75 Å².